The minimum Gasteiger partial charge on any atom is -0.394 e. The Balaban J connectivity index is 1.92. The van der Waals surface area contributed by atoms with E-state index < -0.39 is 0 Å². The molecule has 2 aliphatic heterocycles. The summed E-state index contributed by atoms with van der Waals surface area (Å²) in [4.78, 5) is 13.8. The number of carbonyl (C=O) groups is 1. The van der Waals surface area contributed by atoms with Crippen LogP contribution in [0.5, 0.6) is 0 Å². The molecular formula is C10H18N2O3. The van der Waals surface area contributed by atoms with Crippen molar-refractivity contribution in [1.82, 2.24) is 10.2 Å². The number of ether oxygens (including phenoxy) is 1. The zero-order chi connectivity index (χ0) is 10.8. The van der Waals surface area contributed by atoms with Gasteiger partial charge in [-0.2, -0.15) is 0 Å². The smallest absolute Gasteiger partial charge is 0.228 e. The Hall–Kier alpha value is -0.650. The van der Waals surface area contributed by atoms with Gasteiger partial charge in [-0.15, -0.1) is 0 Å². The molecule has 5 nitrogen and oxygen atoms in total. The maximum absolute atomic E-state index is 11.9. The summed E-state index contributed by atoms with van der Waals surface area (Å²) in [5.41, 5.74) is 0. The van der Waals surface area contributed by atoms with Gasteiger partial charge in [0.1, 0.15) is 0 Å². The molecule has 2 heterocycles. The summed E-state index contributed by atoms with van der Waals surface area (Å²) in [5, 5.41) is 12.1. The summed E-state index contributed by atoms with van der Waals surface area (Å²) in [6.45, 7) is 4.66. The second kappa shape index (κ2) is 4.47. The van der Waals surface area contributed by atoms with Crippen molar-refractivity contribution < 1.29 is 14.6 Å². The van der Waals surface area contributed by atoms with E-state index in [-0.39, 0.29) is 30.6 Å². The van der Waals surface area contributed by atoms with Crippen molar-refractivity contribution in [2.75, 3.05) is 32.8 Å². The topological polar surface area (TPSA) is 61.8 Å². The largest absolute Gasteiger partial charge is 0.394 e. The minimum atomic E-state index is -0.217. The van der Waals surface area contributed by atoms with E-state index in [1.165, 1.54) is 0 Å². The van der Waals surface area contributed by atoms with E-state index in [1.807, 2.05) is 11.8 Å². The van der Waals surface area contributed by atoms with Crippen LogP contribution in [0.2, 0.25) is 0 Å². The fourth-order valence-corrected chi connectivity index (χ4v) is 2.05. The standard InChI is InChI=1S/C10H18N2O3/c1-7-4-12(5-9(6-13)15-7)10(14)8-2-11-3-8/h7-9,11,13H,2-6H2,1H3. The summed E-state index contributed by atoms with van der Waals surface area (Å²) in [6.07, 6.45) is -0.196. The molecule has 0 bridgehead atoms. The van der Waals surface area contributed by atoms with Crippen molar-refractivity contribution in [3.8, 4) is 0 Å². The van der Waals surface area contributed by atoms with E-state index in [9.17, 15) is 4.79 Å². The van der Waals surface area contributed by atoms with Crippen LogP contribution in [0.1, 0.15) is 6.92 Å². The SMILES string of the molecule is CC1CN(C(=O)C2CNC2)CC(CO)O1. The maximum atomic E-state index is 11.9. The van der Waals surface area contributed by atoms with Gasteiger partial charge in [0.05, 0.1) is 24.7 Å². The average molecular weight is 214 g/mol. The van der Waals surface area contributed by atoms with Crippen molar-refractivity contribution in [1.29, 1.82) is 0 Å². The molecule has 2 saturated heterocycles. The van der Waals surface area contributed by atoms with Gasteiger partial charge in [0.15, 0.2) is 0 Å². The first-order valence-electron chi connectivity index (χ1n) is 5.46. The molecule has 2 rings (SSSR count). The van der Waals surface area contributed by atoms with E-state index in [0.717, 1.165) is 13.1 Å². The lowest BCUT2D eigenvalue weighted by Gasteiger charge is -2.39. The predicted molar refractivity (Wildman–Crippen MR) is 54.4 cm³/mol. The van der Waals surface area contributed by atoms with Crippen LogP contribution in [-0.2, 0) is 9.53 Å². The van der Waals surface area contributed by atoms with Gasteiger partial charge in [0, 0.05) is 26.2 Å². The monoisotopic (exact) mass is 214 g/mol. The fourth-order valence-electron chi connectivity index (χ4n) is 2.05. The average Bonchev–Trinajstić information content (AvgIpc) is 2.14. The first-order valence-corrected chi connectivity index (χ1v) is 5.46. The molecule has 2 aliphatic rings. The molecule has 15 heavy (non-hydrogen) atoms. The summed E-state index contributed by atoms with van der Waals surface area (Å²) in [5.74, 6) is 0.331. The van der Waals surface area contributed by atoms with E-state index in [2.05, 4.69) is 5.32 Å². The van der Waals surface area contributed by atoms with Gasteiger partial charge in [-0.3, -0.25) is 4.79 Å². The highest BCUT2D eigenvalue weighted by atomic mass is 16.5. The van der Waals surface area contributed by atoms with Crippen molar-refractivity contribution in [3.05, 3.63) is 0 Å². The number of carbonyl (C=O) groups excluding carboxylic acids is 1. The Labute approximate surface area is 89.4 Å². The van der Waals surface area contributed by atoms with Gasteiger partial charge in [0.2, 0.25) is 5.91 Å². The molecule has 0 radical (unpaired) electrons. The molecule has 0 saturated carbocycles. The first kappa shape index (κ1) is 10.9. The lowest BCUT2D eigenvalue weighted by atomic mass is 10.0. The number of rotatable bonds is 2. The Morgan fingerprint density at radius 1 is 1.53 bits per heavy atom. The van der Waals surface area contributed by atoms with Crippen LogP contribution >= 0.6 is 0 Å². The van der Waals surface area contributed by atoms with Crippen LogP contribution in [-0.4, -0.2) is 60.9 Å². The quantitative estimate of drug-likeness (QED) is 0.607. The third-order valence-corrected chi connectivity index (χ3v) is 2.97. The summed E-state index contributed by atoms with van der Waals surface area (Å²) in [7, 11) is 0. The van der Waals surface area contributed by atoms with Gasteiger partial charge in [0.25, 0.3) is 0 Å². The van der Waals surface area contributed by atoms with Gasteiger partial charge in [-0.05, 0) is 6.92 Å². The molecule has 0 aromatic rings. The second-order valence-corrected chi connectivity index (χ2v) is 4.35. The Morgan fingerprint density at radius 3 is 2.80 bits per heavy atom. The fraction of sp³-hybridized carbons (Fsp3) is 0.900. The Bertz CT molecular complexity index is 243. The number of nitrogens with zero attached hydrogens (tertiary/aromatic N) is 1. The van der Waals surface area contributed by atoms with E-state index in [0.29, 0.717) is 13.1 Å². The van der Waals surface area contributed by atoms with Crippen LogP contribution in [0.3, 0.4) is 0 Å². The maximum Gasteiger partial charge on any atom is 0.228 e. The number of amides is 1. The molecule has 5 heteroatoms. The zero-order valence-electron chi connectivity index (χ0n) is 8.98. The number of aliphatic hydroxyl groups is 1. The zero-order valence-corrected chi connectivity index (χ0v) is 8.98. The van der Waals surface area contributed by atoms with Crippen LogP contribution in [0.15, 0.2) is 0 Å². The highest BCUT2D eigenvalue weighted by molar-refractivity contribution is 5.80. The molecule has 2 unspecified atom stereocenters. The molecule has 1 amide bonds. The third-order valence-electron chi connectivity index (χ3n) is 2.97. The highest BCUT2D eigenvalue weighted by Crippen LogP contribution is 2.15. The Kier molecular flexibility index (Phi) is 3.23. The van der Waals surface area contributed by atoms with Gasteiger partial charge in [-0.25, -0.2) is 0 Å². The number of morpholine rings is 1. The molecule has 2 atom stereocenters. The molecular weight excluding hydrogens is 196 g/mol. The Morgan fingerprint density at radius 2 is 2.27 bits per heavy atom. The molecule has 0 aliphatic carbocycles. The molecule has 0 spiro atoms. The second-order valence-electron chi connectivity index (χ2n) is 4.35. The van der Waals surface area contributed by atoms with Crippen molar-refractivity contribution >= 4 is 5.91 Å². The van der Waals surface area contributed by atoms with Gasteiger partial charge < -0.3 is 20.1 Å². The van der Waals surface area contributed by atoms with E-state index >= 15 is 0 Å². The van der Waals surface area contributed by atoms with Crippen molar-refractivity contribution in [3.63, 3.8) is 0 Å². The number of hydrogen-bond acceptors (Lipinski definition) is 4. The summed E-state index contributed by atoms with van der Waals surface area (Å²) < 4.78 is 5.49. The molecule has 0 aromatic heterocycles. The lowest BCUT2D eigenvalue weighted by molar-refractivity contribution is -0.152. The highest BCUT2D eigenvalue weighted by Gasteiger charge is 2.34. The van der Waals surface area contributed by atoms with E-state index in [1.54, 1.807) is 0 Å². The third kappa shape index (κ3) is 2.30. The van der Waals surface area contributed by atoms with Crippen LogP contribution in [0.25, 0.3) is 0 Å². The van der Waals surface area contributed by atoms with E-state index in [4.69, 9.17) is 9.84 Å². The first-order chi connectivity index (χ1) is 7.20. The molecule has 2 fully saturated rings. The normalized spacial score (nSPS) is 32.5. The van der Waals surface area contributed by atoms with Crippen LogP contribution in [0, 0.1) is 5.92 Å². The molecule has 2 N–H and O–H groups in total. The van der Waals surface area contributed by atoms with Gasteiger partial charge in [-0.1, -0.05) is 0 Å². The number of hydrogen-bond donors (Lipinski definition) is 2. The molecule has 86 valence electrons. The van der Waals surface area contributed by atoms with Crippen LogP contribution < -0.4 is 5.32 Å². The number of nitrogens with one attached hydrogen (secondary N) is 1. The summed E-state index contributed by atoms with van der Waals surface area (Å²) in [6, 6.07) is 0. The van der Waals surface area contributed by atoms with Gasteiger partial charge >= 0.3 is 0 Å². The molecule has 0 aromatic carbocycles. The predicted octanol–water partition coefficient (Wildman–Crippen LogP) is -1.19. The minimum absolute atomic E-state index is 0.0168. The van der Waals surface area contributed by atoms with Crippen LogP contribution in [0.4, 0.5) is 0 Å². The summed E-state index contributed by atoms with van der Waals surface area (Å²) >= 11 is 0. The van der Waals surface area contributed by atoms with Crippen molar-refractivity contribution in [2.45, 2.75) is 19.1 Å². The number of aliphatic hydroxyl groups excluding tert-OH is 1. The van der Waals surface area contributed by atoms with Crippen molar-refractivity contribution in [2.24, 2.45) is 5.92 Å². The lowest BCUT2D eigenvalue weighted by Crippen LogP contribution is -2.57.